The molecule has 0 atom stereocenters. The predicted molar refractivity (Wildman–Crippen MR) is 115 cm³/mol. The van der Waals surface area contributed by atoms with Gasteiger partial charge in [-0.2, -0.15) is 0 Å². The van der Waals surface area contributed by atoms with Crippen LogP contribution >= 0.6 is 0 Å². The van der Waals surface area contributed by atoms with E-state index in [2.05, 4.69) is 4.72 Å². The van der Waals surface area contributed by atoms with E-state index in [1.165, 1.54) is 12.1 Å². The van der Waals surface area contributed by atoms with Gasteiger partial charge in [0.25, 0.3) is 15.9 Å². The molecule has 150 valence electrons. The van der Waals surface area contributed by atoms with Gasteiger partial charge < -0.3 is 4.90 Å². The SMILES string of the molecule is Cc1ccc(NS(=O)(=O)c2cccc(C(=O)N(C)Cc3cccc(C)c3)c2)cc1. The molecule has 0 unspecified atom stereocenters. The number of hydrogen-bond acceptors (Lipinski definition) is 3. The van der Waals surface area contributed by atoms with Crippen molar-refractivity contribution in [2.75, 3.05) is 11.8 Å². The lowest BCUT2D eigenvalue weighted by Gasteiger charge is -2.18. The quantitative estimate of drug-likeness (QED) is 0.658. The molecule has 0 aliphatic heterocycles. The topological polar surface area (TPSA) is 66.5 Å². The van der Waals surface area contributed by atoms with Gasteiger partial charge in [-0.05, 0) is 49.7 Å². The second-order valence-electron chi connectivity index (χ2n) is 7.15. The molecule has 0 saturated carbocycles. The Morgan fingerprint density at radius 1 is 0.897 bits per heavy atom. The van der Waals surface area contributed by atoms with Crippen LogP contribution in [0.3, 0.4) is 0 Å². The number of amides is 1. The maximum atomic E-state index is 12.8. The van der Waals surface area contributed by atoms with Crippen molar-refractivity contribution in [2.24, 2.45) is 0 Å². The van der Waals surface area contributed by atoms with Crippen molar-refractivity contribution < 1.29 is 13.2 Å². The van der Waals surface area contributed by atoms with E-state index < -0.39 is 10.0 Å². The first-order valence-electron chi connectivity index (χ1n) is 9.25. The molecule has 0 bridgehead atoms. The highest BCUT2D eigenvalue weighted by molar-refractivity contribution is 7.92. The minimum Gasteiger partial charge on any atom is -0.337 e. The number of hydrogen-bond donors (Lipinski definition) is 1. The summed E-state index contributed by atoms with van der Waals surface area (Å²) in [4.78, 5) is 14.4. The molecule has 3 aromatic carbocycles. The van der Waals surface area contributed by atoms with Crippen molar-refractivity contribution in [3.8, 4) is 0 Å². The van der Waals surface area contributed by atoms with Crippen LogP contribution in [0.5, 0.6) is 0 Å². The van der Waals surface area contributed by atoms with Gasteiger partial charge in [0.15, 0.2) is 0 Å². The third-order valence-corrected chi connectivity index (χ3v) is 5.92. The maximum absolute atomic E-state index is 12.8. The molecule has 3 rings (SSSR count). The van der Waals surface area contributed by atoms with E-state index in [1.54, 1.807) is 36.2 Å². The van der Waals surface area contributed by atoms with E-state index in [0.29, 0.717) is 17.8 Å². The minimum absolute atomic E-state index is 0.0490. The maximum Gasteiger partial charge on any atom is 0.261 e. The summed E-state index contributed by atoms with van der Waals surface area (Å²) in [6.45, 7) is 4.38. The highest BCUT2D eigenvalue weighted by Crippen LogP contribution is 2.19. The van der Waals surface area contributed by atoms with Gasteiger partial charge in [0.2, 0.25) is 0 Å². The molecule has 0 aliphatic carbocycles. The van der Waals surface area contributed by atoms with Crippen LogP contribution in [0, 0.1) is 13.8 Å². The number of aryl methyl sites for hydroxylation is 2. The zero-order chi connectivity index (χ0) is 21.0. The first kappa shape index (κ1) is 20.6. The predicted octanol–water partition coefficient (Wildman–Crippen LogP) is 4.38. The zero-order valence-electron chi connectivity index (χ0n) is 16.7. The molecule has 0 saturated heterocycles. The summed E-state index contributed by atoms with van der Waals surface area (Å²) in [6.07, 6.45) is 0. The highest BCUT2D eigenvalue weighted by Gasteiger charge is 2.18. The average Bonchev–Trinajstić information content (AvgIpc) is 2.69. The molecule has 0 spiro atoms. The molecule has 0 radical (unpaired) electrons. The number of nitrogens with zero attached hydrogens (tertiary/aromatic N) is 1. The molecule has 0 aromatic heterocycles. The smallest absolute Gasteiger partial charge is 0.261 e. The Kier molecular flexibility index (Phi) is 6.03. The van der Waals surface area contributed by atoms with Crippen LogP contribution in [0.4, 0.5) is 5.69 Å². The number of nitrogens with one attached hydrogen (secondary N) is 1. The lowest BCUT2D eigenvalue weighted by Crippen LogP contribution is -2.26. The first-order chi connectivity index (χ1) is 13.7. The van der Waals surface area contributed by atoms with Crippen molar-refractivity contribution in [1.82, 2.24) is 4.90 Å². The van der Waals surface area contributed by atoms with E-state index in [0.717, 1.165) is 16.7 Å². The molecule has 5 nitrogen and oxygen atoms in total. The Labute approximate surface area is 172 Å². The Morgan fingerprint density at radius 3 is 2.28 bits per heavy atom. The molecule has 0 aliphatic rings. The number of rotatable bonds is 6. The van der Waals surface area contributed by atoms with Crippen LogP contribution in [0.1, 0.15) is 27.0 Å². The van der Waals surface area contributed by atoms with Crippen LogP contribution in [-0.4, -0.2) is 26.3 Å². The second-order valence-corrected chi connectivity index (χ2v) is 8.83. The molecule has 1 amide bonds. The summed E-state index contributed by atoms with van der Waals surface area (Å²) >= 11 is 0. The number of sulfonamides is 1. The molecule has 6 heteroatoms. The number of anilines is 1. The lowest BCUT2D eigenvalue weighted by molar-refractivity contribution is 0.0785. The van der Waals surface area contributed by atoms with Gasteiger partial charge in [-0.25, -0.2) is 8.42 Å². The summed E-state index contributed by atoms with van der Waals surface area (Å²) in [7, 11) is -2.09. The lowest BCUT2D eigenvalue weighted by atomic mass is 10.1. The van der Waals surface area contributed by atoms with E-state index in [9.17, 15) is 13.2 Å². The fraction of sp³-hybridized carbons (Fsp3) is 0.174. The first-order valence-corrected chi connectivity index (χ1v) is 10.7. The van der Waals surface area contributed by atoms with Gasteiger partial charge in [0, 0.05) is 24.8 Å². The van der Waals surface area contributed by atoms with E-state index in [1.807, 2.05) is 50.2 Å². The third kappa shape index (κ3) is 5.23. The molecular weight excluding hydrogens is 384 g/mol. The minimum atomic E-state index is -3.79. The summed E-state index contributed by atoms with van der Waals surface area (Å²) in [6, 6.07) is 21.1. The number of benzene rings is 3. The zero-order valence-corrected chi connectivity index (χ0v) is 17.5. The van der Waals surface area contributed by atoms with Gasteiger partial charge in [0.1, 0.15) is 0 Å². The Bertz CT molecular complexity index is 1120. The number of carbonyl (C=O) groups is 1. The standard InChI is InChI=1S/C23H24N2O3S/c1-17-10-12-21(13-11-17)24-29(27,28)22-9-5-8-20(15-22)23(26)25(3)16-19-7-4-6-18(2)14-19/h4-15,24H,16H2,1-3H3. The molecule has 0 fully saturated rings. The summed E-state index contributed by atoms with van der Waals surface area (Å²) in [5, 5.41) is 0. The van der Waals surface area contributed by atoms with Crippen LogP contribution in [0.15, 0.2) is 77.7 Å². The molecule has 29 heavy (non-hydrogen) atoms. The summed E-state index contributed by atoms with van der Waals surface area (Å²) in [5.41, 5.74) is 3.98. The Hall–Kier alpha value is -3.12. The van der Waals surface area contributed by atoms with Crippen molar-refractivity contribution in [1.29, 1.82) is 0 Å². The normalized spacial score (nSPS) is 11.1. The van der Waals surface area contributed by atoms with Crippen molar-refractivity contribution in [3.63, 3.8) is 0 Å². The fourth-order valence-electron chi connectivity index (χ4n) is 3.01. The van der Waals surface area contributed by atoms with Gasteiger partial charge in [0.05, 0.1) is 4.90 Å². The van der Waals surface area contributed by atoms with Crippen molar-refractivity contribution in [3.05, 3.63) is 95.1 Å². The fourth-order valence-corrected chi connectivity index (χ4v) is 4.11. The Balaban J connectivity index is 1.78. The van der Waals surface area contributed by atoms with Crippen LogP contribution in [-0.2, 0) is 16.6 Å². The largest absolute Gasteiger partial charge is 0.337 e. The van der Waals surface area contributed by atoms with Gasteiger partial charge in [-0.15, -0.1) is 0 Å². The monoisotopic (exact) mass is 408 g/mol. The van der Waals surface area contributed by atoms with Gasteiger partial charge in [-0.3, -0.25) is 9.52 Å². The third-order valence-electron chi connectivity index (χ3n) is 4.54. The van der Waals surface area contributed by atoms with Crippen molar-refractivity contribution in [2.45, 2.75) is 25.3 Å². The van der Waals surface area contributed by atoms with E-state index >= 15 is 0 Å². The molecule has 3 aromatic rings. The molecule has 1 N–H and O–H groups in total. The summed E-state index contributed by atoms with van der Waals surface area (Å²) < 4.78 is 28.0. The van der Waals surface area contributed by atoms with Gasteiger partial charge in [-0.1, -0.05) is 53.6 Å². The molecular formula is C23H24N2O3S. The second kappa shape index (κ2) is 8.49. The Morgan fingerprint density at radius 2 is 1.59 bits per heavy atom. The average molecular weight is 409 g/mol. The van der Waals surface area contributed by atoms with Gasteiger partial charge >= 0.3 is 0 Å². The van der Waals surface area contributed by atoms with E-state index in [-0.39, 0.29) is 10.8 Å². The van der Waals surface area contributed by atoms with Crippen LogP contribution in [0.25, 0.3) is 0 Å². The molecule has 0 heterocycles. The summed E-state index contributed by atoms with van der Waals surface area (Å²) in [5.74, 6) is -0.237. The number of carbonyl (C=O) groups excluding carboxylic acids is 1. The highest BCUT2D eigenvalue weighted by atomic mass is 32.2. The van der Waals surface area contributed by atoms with Crippen LogP contribution < -0.4 is 4.72 Å². The van der Waals surface area contributed by atoms with E-state index in [4.69, 9.17) is 0 Å². The van der Waals surface area contributed by atoms with Crippen molar-refractivity contribution >= 4 is 21.6 Å². The van der Waals surface area contributed by atoms with Crippen LogP contribution in [0.2, 0.25) is 0 Å².